The summed E-state index contributed by atoms with van der Waals surface area (Å²) in [7, 11) is 4.00. The predicted molar refractivity (Wildman–Crippen MR) is 100 cm³/mol. The molecule has 138 valence electrons. The van der Waals surface area contributed by atoms with Gasteiger partial charge in [-0.25, -0.2) is 0 Å². The second kappa shape index (κ2) is 8.99. The minimum Gasteiger partial charge on any atom is -0.352 e. The smallest absolute Gasteiger partial charge is 0.242 e. The van der Waals surface area contributed by atoms with Crippen LogP contribution in [-0.4, -0.2) is 43.4 Å². The molecule has 1 aromatic carbocycles. The van der Waals surface area contributed by atoms with Crippen LogP contribution in [0.25, 0.3) is 0 Å². The second-order valence-electron chi connectivity index (χ2n) is 7.35. The monoisotopic (exact) mass is 345 g/mol. The van der Waals surface area contributed by atoms with E-state index in [4.69, 9.17) is 0 Å². The van der Waals surface area contributed by atoms with Crippen LogP contribution >= 0.6 is 0 Å². The maximum atomic E-state index is 12.4. The summed E-state index contributed by atoms with van der Waals surface area (Å²) < 4.78 is 0. The van der Waals surface area contributed by atoms with E-state index >= 15 is 0 Å². The summed E-state index contributed by atoms with van der Waals surface area (Å²) in [4.78, 5) is 26.6. The number of rotatable bonds is 7. The Bertz CT molecular complexity index is 577. The van der Waals surface area contributed by atoms with Crippen molar-refractivity contribution in [3.05, 3.63) is 35.4 Å². The van der Waals surface area contributed by atoms with Crippen molar-refractivity contribution in [2.24, 2.45) is 5.92 Å². The predicted octanol–water partition coefficient (Wildman–Crippen LogP) is 2.41. The molecule has 0 unspecified atom stereocenters. The first-order valence-corrected chi connectivity index (χ1v) is 9.19. The third-order valence-corrected chi connectivity index (χ3v) is 5.03. The molecule has 1 saturated carbocycles. The van der Waals surface area contributed by atoms with Crippen LogP contribution in [0.4, 0.5) is 0 Å². The van der Waals surface area contributed by atoms with E-state index < -0.39 is 6.04 Å². The van der Waals surface area contributed by atoms with E-state index in [1.807, 2.05) is 14.1 Å². The number of amides is 2. The molecule has 2 rings (SSSR count). The van der Waals surface area contributed by atoms with E-state index in [-0.39, 0.29) is 23.8 Å². The molecule has 0 spiro atoms. The van der Waals surface area contributed by atoms with Crippen LogP contribution in [0, 0.1) is 12.8 Å². The maximum Gasteiger partial charge on any atom is 0.242 e. The van der Waals surface area contributed by atoms with Crippen molar-refractivity contribution in [3.8, 4) is 0 Å². The van der Waals surface area contributed by atoms with Gasteiger partial charge in [-0.1, -0.05) is 42.7 Å². The zero-order chi connectivity index (χ0) is 18.4. The molecule has 0 aliphatic heterocycles. The number of hydrogen-bond donors (Lipinski definition) is 2. The quantitative estimate of drug-likeness (QED) is 0.798. The van der Waals surface area contributed by atoms with E-state index in [9.17, 15) is 9.59 Å². The van der Waals surface area contributed by atoms with E-state index in [1.165, 1.54) is 11.1 Å². The Morgan fingerprint density at radius 3 is 2.32 bits per heavy atom. The standard InChI is InChI=1S/C20H31N3O2/c1-14-9-11-16(12-10-14)18(23(3)4)13-21-19(24)15(2)22-20(25)17-7-5-6-8-17/h9-12,15,17-18H,5-8,13H2,1-4H3,(H,21,24)(H,22,25)/t15-,18-/m1/s1. The molecule has 2 atom stereocenters. The number of nitrogens with one attached hydrogen (secondary N) is 2. The van der Waals surface area contributed by atoms with Crippen molar-refractivity contribution < 1.29 is 9.59 Å². The first-order valence-electron chi connectivity index (χ1n) is 9.19. The summed E-state index contributed by atoms with van der Waals surface area (Å²) >= 11 is 0. The van der Waals surface area contributed by atoms with Crippen LogP contribution < -0.4 is 10.6 Å². The van der Waals surface area contributed by atoms with Crippen molar-refractivity contribution in [2.45, 2.75) is 51.6 Å². The molecular weight excluding hydrogens is 314 g/mol. The number of aryl methyl sites for hydroxylation is 1. The number of likely N-dealkylation sites (N-methyl/N-ethyl adjacent to an activating group) is 1. The molecule has 5 nitrogen and oxygen atoms in total. The van der Waals surface area contributed by atoms with Gasteiger partial charge in [-0.3, -0.25) is 9.59 Å². The van der Waals surface area contributed by atoms with Crippen LogP contribution in [0.1, 0.15) is 49.8 Å². The Morgan fingerprint density at radius 2 is 1.76 bits per heavy atom. The Labute approximate surface area is 151 Å². The molecule has 2 amide bonds. The zero-order valence-electron chi connectivity index (χ0n) is 15.8. The highest BCUT2D eigenvalue weighted by atomic mass is 16.2. The lowest BCUT2D eigenvalue weighted by Gasteiger charge is -2.26. The average Bonchev–Trinajstić information content (AvgIpc) is 3.10. The van der Waals surface area contributed by atoms with Crippen LogP contribution in [-0.2, 0) is 9.59 Å². The normalized spacial score (nSPS) is 17.3. The van der Waals surface area contributed by atoms with E-state index in [0.717, 1.165) is 25.7 Å². The highest BCUT2D eigenvalue weighted by molar-refractivity contribution is 5.88. The fraction of sp³-hybridized carbons (Fsp3) is 0.600. The van der Waals surface area contributed by atoms with Crippen molar-refractivity contribution in [2.75, 3.05) is 20.6 Å². The minimum atomic E-state index is -0.506. The number of carbonyl (C=O) groups excluding carboxylic acids is 2. The lowest BCUT2D eigenvalue weighted by atomic mass is 10.0. The highest BCUT2D eigenvalue weighted by Crippen LogP contribution is 2.24. The van der Waals surface area contributed by atoms with Gasteiger partial charge >= 0.3 is 0 Å². The van der Waals surface area contributed by atoms with Gasteiger partial charge in [0.1, 0.15) is 6.04 Å². The first kappa shape index (κ1) is 19.4. The molecule has 25 heavy (non-hydrogen) atoms. The van der Waals surface area contributed by atoms with Crippen molar-refractivity contribution in [1.82, 2.24) is 15.5 Å². The fourth-order valence-corrected chi connectivity index (χ4v) is 3.32. The van der Waals surface area contributed by atoms with Gasteiger partial charge in [-0.05, 0) is 46.3 Å². The second-order valence-corrected chi connectivity index (χ2v) is 7.35. The molecule has 0 saturated heterocycles. The molecule has 0 radical (unpaired) electrons. The topological polar surface area (TPSA) is 61.4 Å². The van der Waals surface area contributed by atoms with Crippen molar-refractivity contribution in [1.29, 1.82) is 0 Å². The number of carbonyl (C=O) groups is 2. The fourth-order valence-electron chi connectivity index (χ4n) is 3.32. The molecule has 2 N–H and O–H groups in total. The summed E-state index contributed by atoms with van der Waals surface area (Å²) in [5, 5.41) is 5.83. The largest absolute Gasteiger partial charge is 0.352 e. The Kier molecular flexibility index (Phi) is 7.00. The van der Waals surface area contributed by atoms with Crippen LogP contribution in [0.3, 0.4) is 0 Å². The third kappa shape index (κ3) is 5.56. The van der Waals surface area contributed by atoms with Gasteiger partial charge in [0.05, 0.1) is 6.04 Å². The van der Waals surface area contributed by atoms with Crippen LogP contribution in [0.15, 0.2) is 24.3 Å². The van der Waals surface area contributed by atoms with Gasteiger partial charge < -0.3 is 15.5 Å². The van der Waals surface area contributed by atoms with E-state index in [1.54, 1.807) is 6.92 Å². The first-order chi connectivity index (χ1) is 11.9. The molecular formula is C20H31N3O2. The van der Waals surface area contributed by atoms with Crippen LogP contribution in [0.2, 0.25) is 0 Å². The Hall–Kier alpha value is -1.88. The molecule has 1 aromatic rings. The molecule has 1 aliphatic carbocycles. The summed E-state index contributed by atoms with van der Waals surface area (Å²) in [6.45, 7) is 4.32. The van der Waals surface area contributed by atoms with Gasteiger partial charge in [-0.15, -0.1) is 0 Å². The van der Waals surface area contributed by atoms with Gasteiger partial charge in [0.25, 0.3) is 0 Å². The Morgan fingerprint density at radius 1 is 1.16 bits per heavy atom. The lowest BCUT2D eigenvalue weighted by molar-refractivity contribution is -0.130. The van der Waals surface area contributed by atoms with Gasteiger partial charge in [0.2, 0.25) is 11.8 Å². The summed E-state index contributed by atoms with van der Waals surface area (Å²) in [6.07, 6.45) is 4.10. The number of hydrogen-bond acceptors (Lipinski definition) is 3. The minimum absolute atomic E-state index is 0.0165. The highest BCUT2D eigenvalue weighted by Gasteiger charge is 2.26. The van der Waals surface area contributed by atoms with E-state index in [2.05, 4.69) is 46.7 Å². The number of benzene rings is 1. The molecule has 5 heteroatoms. The molecule has 0 heterocycles. The average molecular weight is 345 g/mol. The lowest BCUT2D eigenvalue weighted by Crippen LogP contribution is -2.48. The van der Waals surface area contributed by atoms with E-state index in [0.29, 0.717) is 6.54 Å². The van der Waals surface area contributed by atoms with Crippen molar-refractivity contribution >= 4 is 11.8 Å². The summed E-state index contributed by atoms with van der Waals surface area (Å²) in [5.74, 6) is -0.0366. The zero-order valence-corrected chi connectivity index (χ0v) is 15.8. The SMILES string of the molecule is Cc1ccc([C@@H](CNC(=O)[C@@H](C)NC(=O)C2CCCC2)N(C)C)cc1. The van der Waals surface area contributed by atoms with Gasteiger partial charge in [-0.2, -0.15) is 0 Å². The maximum absolute atomic E-state index is 12.4. The van der Waals surface area contributed by atoms with Crippen LogP contribution in [0.5, 0.6) is 0 Å². The summed E-state index contributed by atoms with van der Waals surface area (Å²) in [6, 6.07) is 7.95. The summed E-state index contributed by atoms with van der Waals surface area (Å²) in [5.41, 5.74) is 2.38. The molecule has 0 bridgehead atoms. The third-order valence-electron chi connectivity index (χ3n) is 5.03. The number of nitrogens with zero attached hydrogens (tertiary/aromatic N) is 1. The molecule has 0 aromatic heterocycles. The molecule has 1 aliphatic rings. The van der Waals surface area contributed by atoms with Gasteiger partial charge in [0.15, 0.2) is 0 Å². The Balaban J connectivity index is 1.87. The molecule has 1 fully saturated rings. The van der Waals surface area contributed by atoms with Crippen molar-refractivity contribution in [3.63, 3.8) is 0 Å². The van der Waals surface area contributed by atoms with Gasteiger partial charge in [0, 0.05) is 12.5 Å².